The van der Waals surface area contributed by atoms with Gasteiger partial charge in [0, 0.05) is 29.6 Å². The zero-order valence-electron chi connectivity index (χ0n) is 5.26. The summed E-state index contributed by atoms with van der Waals surface area (Å²) in [5.41, 5.74) is 0. The van der Waals surface area contributed by atoms with Crippen LogP contribution in [0.2, 0.25) is 0 Å². The summed E-state index contributed by atoms with van der Waals surface area (Å²) in [4.78, 5) is 0. The second-order valence-corrected chi connectivity index (χ2v) is 1.48. The molecule has 0 saturated carbocycles. The SMILES string of the molecule is C1COCC[NH2+]1.[Na].[OH-]. The van der Waals surface area contributed by atoms with Crippen molar-refractivity contribution in [3.8, 4) is 0 Å². The van der Waals surface area contributed by atoms with Crippen LogP contribution in [0, 0.1) is 0 Å². The van der Waals surface area contributed by atoms with E-state index in [1.165, 1.54) is 0 Å². The van der Waals surface area contributed by atoms with Crippen LogP contribution in [0.4, 0.5) is 0 Å². The Morgan fingerprint density at radius 1 is 1.12 bits per heavy atom. The van der Waals surface area contributed by atoms with Gasteiger partial charge in [0.2, 0.25) is 0 Å². The third-order valence-electron chi connectivity index (χ3n) is 0.933. The van der Waals surface area contributed by atoms with Gasteiger partial charge in [0.15, 0.2) is 0 Å². The molecule has 8 heavy (non-hydrogen) atoms. The maximum absolute atomic E-state index is 5.04. The minimum atomic E-state index is 0. The largest absolute Gasteiger partial charge is 0.870 e. The number of rotatable bonds is 0. The molecule has 1 fully saturated rings. The molecule has 0 unspecified atom stereocenters. The summed E-state index contributed by atoms with van der Waals surface area (Å²) in [7, 11) is 0. The van der Waals surface area contributed by atoms with Gasteiger partial charge in [-0.05, 0) is 0 Å². The molecule has 1 saturated heterocycles. The molecule has 4 heteroatoms. The van der Waals surface area contributed by atoms with Crippen LogP contribution in [0.25, 0.3) is 0 Å². The van der Waals surface area contributed by atoms with Crippen molar-refractivity contribution in [1.29, 1.82) is 0 Å². The molecule has 1 rings (SSSR count). The fourth-order valence-corrected chi connectivity index (χ4v) is 0.580. The molecule has 0 aromatic heterocycles. The predicted octanol–water partition coefficient (Wildman–Crippen LogP) is -1.98. The maximum atomic E-state index is 5.04. The Morgan fingerprint density at radius 3 is 1.75 bits per heavy atom. The number of nitrogens with two attached hydrogens (primary N) is 1. The van der Waals surface area contributed by atoms with E-state index in [0.29, 0.717) is 0 Å². The van der Waals surface area contributed by atoms with Crippen molar-refractivity contribution in [2.24, 2.45) is 0 Å². The number of quaternary nitrogens is 1. The molecule has 1 aliphatic rings. The summed E-state index contributed by atoms with van der Waals surface area (Å²) in [6.07, 6.45) is 0. The molecule has 0 bridgehead atoms. The summed E-state index contributed by atoms with van der Waals surface area (Å²) in [5, 5.41) is 2.27. The Morgan fingerprint density at radius 2 is 1.62 bits per heavy atom. The van der Waals surface area contributed by atoms with Crippen LogP contribution in [0.5, 0.6) is 0 Å². The molecule has 0 atom stereocenters. The Kier molecular flexibility index (Phi) is 11.5. The first-order valence-electron chi connectivity index (χ1n) is 2.39. The zero-order chi connectivity index (χ0) is 4.24. The topological polar surface area (TPSA) is 55.8 Å². The minimum Gasteiger partial charge on any atom is -0.870 e. The first-order chi connectivity index (χ1) is 3.00. The van der Waals surface area contributed by atoms with E-state index in [1.54, 1.807) is 0 Å². The second-order valence-electron chi connectivity index (χ2n) is 1.48. The molecule has 3 nitrogen and oxygen atoms in total. The van der Waals surface area contributed by atoms with Crippen molar-refractivity contribution in [2.45, 2.75) is 0 Å². The summed E-state index contributed by atoms with van der Waals surface area (Å²) < 4.78 is 5.04. The predicted molar refractivity (Wildman–Crippen MR) is 30.2 cm³/mol. The Labute approximate surface area is 71.4 Å². The van der Waals surface area contributed by atoms with Gasteiger partial charge in [0.1, 0.15) is 0 Å². The normalized spacial score (nSPS) is 18.0. The standard InChI is InChI=1S/C4H9NO.Na.H2O/c1-3-6-4-2-5-1;;/h5H,1-4H2;;1H2. The van der Waals surface area contributed by atoms with Crippen LogP contribution in [0.15, 0.2) is 0 Å². The third-order valence-corrected chi connectivity index (χ3v) is 0.933. The van der Waals surface area contributed by atoms with Gasteiger partial charge in [-0.1, -0.05) is 0 Å². The van der Waals surface area contributed by atoms with Crippen LogP contribution < -0.4 is 5.32 Å². The third kappa shape index (κ3) is 5.03. The second kappa shape index (κ2) is 7.88. The molecule has 0 aromatic carbocycles. The molecule has 1 heterocycles. The van der Waals surface area contributed by atoms with E-state index in [0.717, 1.165) is 26.3 Å². The van der Waals surface area contributed by atoms with Crippen LogP contribution in [0.3, 0.4) is 0 Å². The van der Waals surface area contributed by atoms with Crippen LogP contribution in [-0.4, -0.2) is 61.3 Å². The number of hydrogen-bond acceptors (Lipinski definition) is 2. The van der Waals surface area contributed by atoms with Crippen molar-refractivity contribution in [3.05, 3.63) is 0 Å². The van der Waals surface area contributed by atoms with Crippen molar-refractivity contribution in [1.82, 2.24) is 0 Å². The average Bonchev–Trinajstić information content (AvgIpc) is 1.72. The number of morpholine rings is 1. The van der Waals surface area contributed by atoms with Crippen molar-refractivity contribution < 1.29 is 15.5 Å². The van der Waals surface area contributed by atoms with E-state index >= 15 is 0 Å². The Bertz CT molecular complexity index is 29.5. The van der Waals surface area contributed by atoms with Crippen molar-refractivity contribution in [2.75, 3.05) is 26.3 Å². The summed E-state index contributed by atoms with van der Waals surface area (Å²) in [6.45, 7) is 4.19. The fourth-order valence-electron chi connectivity index (χ4n) is 0.580. The summed E-state index contributed by atoms with van der Waals surface area (Å²) in [5.74, 6) is 0. The van der Waals surface area contributed by atoms with Gasteiger partial charge in [0.25, 0.3) is 0 Å². The van der Waals surface area contributed by atoms with Crippen LogP contribution >= 0.6 is 0 Å². The van der Waals surface area contributed by atoms with Crippen molar-refractivity contribution >= 4 is 29.6 Å². The van der Waals surface area contributed by atoms with E-state index < -0.39 is 0 Å². The van der Waals surface area contributed by atoms with Crippen LogP contribution in [0.1, 0.15) is 0 Å². The van der Waals surface area contributed by atoms with Gasteiger partial charge in [-0.15, -0.1) is 0 Å². The Hall–Kier alpha value is 0.880. The number of hydrogen-bond donors (Lipinski definition) is 1. The van der Waals surface area contributed by atoms with E-state index in [9.17, 15) is 0 Å². The van der Waals surface area contributed by atoms with Gasteiger partial charge >= 0.3 is 0 Å². The molecular formula is C4H11NNaO2. The molecule has 1 radical (unpaired) electrons. The molecule has 3 N–H and O–H groups in total. The molecule has 0 aromatic rings. The molecule has 0 amide bonds. The van der Waals surface area contributed by atoms with Gasteiger partial charge in [-0.3, -0.25) is 0 Å². The average molecular weight is 128 g/mol. The first kappa shape index (κ1) is 11.6. The van der Waals surface area contributed by atoms with E-state index in [4.69, 9.17) is 4.74 Å². The van der Waals surface area contributed by atoms with Crippen molar-refractivity contribution in [3.63, 3.8) is 0 Å². The monoisotopic (exact) mass is 128 g/mol. The van der Waals surface area contributed by atoms with Gasteiger partial charge in [-0.2, -0.15) is 0 Å². The van der Waals surface area contributed by atoms with Gasteiger partial charge < -0.3 is 15.5 Å². The molecule has 0 spiro atoms. The molecular weight excluding hydrogens is 117 g/mol. The van der Waals surface area contributed by atoms with E-state index in [-0.39, 0.29) is 35.0 Å². The quantitative estimate of drug-likeness (QED) is 0.384. The smallest absolute Gasteiger partial charge is 0.0993 e. The first-order valence-corrected chi connectivity index (χ1v) is 2.39. The van der Waals surface area contributed by atoms with E-state index in [1.807, 2.05) is 0 Å². The van der Waals surface area contributed by atoms with E-state index in [2.05, 4.69) is 5.32 Å². The minimum absolute atomic E-state index is 0. The van der Waals surface area contributed by atoms with Crippen LogP contribution in [-0.2, 0) is 4.74 Å². The van der Waals surface area contributed by atoms with Gasteiger partial charge in [0.05, 0.1) is 26.3 Å². The maximum Gasteiger partial charge on any atom is 0.0993 e. The fraction of sp³-hybridized carbons (Fsp3) is 1.00. The molecule has 1 aliphatic heterocycles. The molecule has 45 valence electrons. The summed E-state index contributed by atoms with van der Waals surface area (Å²) in [6, 6.07) is 0. The van der Waals surface area contributed by atoms with Gasteiger partial charge in [-0.25, -0.2) is 0 Å². The number of ether oxygens (including phenoxy) is 1. The molecule has 0 aliphatic carbocycles. The Balaban J connectivity index is 0. The summed E-state index contributed by atoms with van der Waals surface area (Å²) >= 11 is 0. The zero-order valence-corrected chi connectivity index (χ0v) is 7.26.